The Morgan fingerprint density at radius 1 is 0.915 bits per heavy atom. The van der Waals surface area contributed by atoms with Crippen LogP contribution in [-0.4, -0.2) is 46.6 Å². The molecule has 1 amide bonds. The Balaban J connectivity index is 1.64. The van der Waals surface area contributed by atoms with E-state index in [2.05, 4.69) is 5.32 Å². The molecule has 5 rings (SSSR count). The molecule has 0 saturated heterocycles. The van der Waals surface area contributed by atoms with Crippen molar-refractivity contribution >= 4 is 45.9 Å². The molecule has 248 valence electrons. The van der Waals surface area contributed by atoms with Gasteiger partial charge in [0.1, 0.15) is 17.0 Å². The van der Waals surface area contributed by atoms with Crippen molar-refractivity contribution in [3.63, 3.8) is 0 Å². The zero-order chi connectivity index (χ0) is 34.4. The molecule has 0 bridgehead atoms. The second kappa shape index (κ2) is 12.4. The normalized spacial score (nSPS) is 12.8. The Morgan fingerprint density at radius 3 is 2.21 bits per heavy atom. The maximum atomic E-state index is 14.1. The number of ether oxygens (including phenoxy) is 2. The van der Waals surface area contributed by atoms with Gasteiger partial charge in [-0.25, -0.2) is 23.9 Å². The third-order valence-corrected chi connectivity index (χ3v) is 7.77. The second-order valence-electron chi connectivity index (χ2n) is 13.4. The number of fused-ring (bicyclic) bond motifs is 2. The molecule has 12 nitrogen and oxygen atoms in total. The van der Waals surface area contributed by atoms with Gasteiger partial charge in [0, 0.05) is 30.9 Å². The van der Waals surface area contributed by atoms with Gasteiger partial charge in [0.2, 0.25) is 0 Å². The highest BCUT2D eigenvalue weighted by Gasteiger charge is 2.28. The Morgan fingerprint density at radius 2 is 1.57 bits per heavy atom. The monoisotopic (exact) mass is 662 g/mol. The fourth-order valence-electron chi connectivity index (χ4n) is 5.47. The van der Waals surface area contributed by atoms with E-state index in [4.69, 9.17) is 26.1 Å². The highest BCUT2D eigenvalue weighted by Crippen LogP contribution is 2.29. The summed E-state index contributed by atoms with van der Waals surface area (Å²) in [6.45, 7) is 10.3. The molecule has 1 N–H and O–H groups in total. The third-order valence-electron chi connectivity index (χ3n) is 7.45. The fourth-order valence-corrected chi connectivity index (χ4v) is 5.69. The van der Waals surface area contributed by atoms with E-state index in [1.54, 1.807) is 77.4 Å². The van der Waals surface area contributed by atoms with Crippen LogP contribution in [-0.2, 0) is 36.5 Å². The Hall–Kier alpha value is -4.84. The summed E-state index contributed by atoms with van der Waals surface area (Å²) in [4.78, 5) is 59.0. The smallest absolute Gasteiger partial charge is 0.419 e. The molecule has 0 spiro atoms. The molecule has 0 aliphatic heterocycles. The molecule has 3 heterocycles. The average molecular weight is 663 g/mol. The number of carbonyl (C=O) groups excluding carboxylic acids is 2. The minimum atomic E-state index is -0.801. The fraction of sp³-hybridized carbons (Fsp3) is 0.382. The van der Waals surface area contributed by atoms with Crippen LogP contribution in [0.5, 0.6) is 0 Å². The van der Waals surface area contributed by atoms with E-state index in [9.17, 15) is 19.2 Å². The molecule has 0 saturated carbocycles. The maximum Gasteiger partial charge on any atom is 0.419 e. The Bertz CT molecular complexity index is 2110. The Kier molecular flexibility index (Phi) is 8.85. The van der Waals surface area contributed by atoms with Gasteiger partial charge in [0.25, 0.3) is 5.56 Å². The summed E-state index contributed by atoms with van der Waals surface area (Å²) < 4.78 is 16.4. The minimum Gasteiger partial charge on any atom is -0.444 e. The van der Waals surface area contributed by atoms with E-state index >= 15 is 0 Å². The first kappa shape index (κ1) is 33.5. The van der Waals surface area contributed by atoms with Gasteiger partial charge in [-0.1, -0.05) is 48.0 Å². The van der Waals surface area contributed by atoms with Crippen molar-refractivity contribution < 1.29 is 19.1 Å². The predicted molar refractivity (Wildman–Crippen MR) is 180 cm³/mol. The van der Waals surface area contributed by atoms with Crippen molar-refractivity contribution in [1.29, 1.82) is 0 Å². The van der Waals surface area contributed by atoms with Gasteiger partial charge in [-0.15, -0.1) is 0 Å². The van der Waals surface area contributed by atoms with Crippen molar-refractivity contribution in [2.75, 3.05) is 0 Å². The topological polar surface area (TPSA) is 131 Å². The predicted octanol–water partition coefficient (Wildman–Crippen LogP) is 5.68. The molecule has 1 atom stereocenters. The lowest BCUT2D eigenvalue weighted by molar-refractivity contribution is 0.0497. The maximum absolute atomic E-state index is 14.1. The quantitative estimate of drug-likeness (QED) is 0.247. The number of aromatic nitrogens is 5. The van der Waals surface area contributed by atoms with Crippen LogP contribution in [0, 0.1) is 0 Å². The number of nitrogens with zero attached hydrogens (tertiary/aromatic N) is 5. The van der Waals surface area contributed by atoms with E-state index < -0.39 is 40.7 Å². The van der Waals surface area contributed by atoms with Gasteiger partial charge in [0.15, 0.2) is 11.2 Å². The van der Waals surface area contributed by atoms with Crippen LogP contribution >= 0.6 is 11.6 Å². The van der Waals surface area contributed by atoms with Crippen LogP contribution in [0.2, 0.25) is 5.02 Å². The molecule has 5 aromatic rings. The third kappa shape index (κ3) is 6.97. The van der Waals surface area contributed by atoms with Crippen LogP contribution in [0.4, 0.5) is 9.59 Å². The summed E-state index contributed by atoms with van der Waals surface area (Å²) in [6, 6.07) is 15.6. The van der Waals surface area contributed by atoms with Gasteiger partial charge >= 0.3 is 17.9 Å². The molecule has 47 heavy (non-hydrogen) atoms. The molecule has 13 heteroatoms. The van der Waals surface area contributed by atoms with E-state index in [0.29, 0.717) is 33.9 Å². The SMILES string of the molecule is Cn1c(C(Cc2ccccc2)NC(=O)OC(C)(C)C)nc2c1c(=O)n(Cc1cc3c(Cl)cccc3n1C(=O)OC(C)(C)C)c(=O)n2C. The lowest BCUT2D eigenvalue weighted by Gasteiger charge is -2.23. The van der Waals surface area contributed by atoms with Crippen molar-refractivity contribution in [2.45, 2.75) is 71.8 Å². The number of imidazole rings is 1. The molecular formula is C34H39ClN6O6. The summed E-state index contributed by atoms with van der Waals surface area (Å²) in [6.07, 6.45) is -0.975. The van der Waals surface area contributed by atoms with Crippen LogP contribution < -0.4 is 16.6 Å². The average Bonchev–Trinajstić information content (AvgIpc) is 3.51. The molecule has 0 aliphatic carbocycles. The number of alkyl carbamates (subject to hydrolysis) is 1. The van der Waals surface area contributed by atoms with Crippen LogP contribution in [0.25, 0.3) is 22.1 Å². The summed E-state index contributed by atoms with van der Waals surface area (Å²) in [5.74, 6) is 0.356. The van der Waals surface area contributed by atoms with E-state index in [0.717, 1.165) is 10.1 Å². The van der Waals surface area contributed by atoms with E-state index in [1.807, 2.05) is 30.3 Å². The first-order chi connectivity index (χ1) is 21.9. The summed E-state index contributed by atoms with van der Waals surface area (Å²) in [5, 5.41) is 3.87. The van der Waals surface area contributed by atoms with Gasteiger partial charge in [0.05, 0.1) is 23.8 Å². The standard InChI is InChI=1S/C34H39ClN6O6/c1-33(2,3)46-30(43)36-24(17-20-13-10-9-11-14-20)27-37-28-26(38(27)7)29(42)40(31(44)39(28)8)19-21-18-22-23(35)15-12-16-25(22)41(21)32(45)47-34(4,5)6/h9-16,18,24H,17,19H2,1-8H3,(H,36,43). The first-order valence-corrected chi connectivity index (χ1v) is 15.5. The lowest BCUT2D eigenvalue weighted by atomic mass is 10.1. The molecule has 1 unspecified atom stereocenters. The van der Waals surface area contributed by atoms with Crippen LogP contribution in [0.15, 0.2) is 64.2 Å². The Labute approximate surface area is 276 Å². The largest absolute Gasteiger partial charge is 0.444 e. The molecule has 0 radical (unpaired) electrons. The van der Waals surface area contributed by atoms with Gasteiger partial charge in [-0.3, -0.25) is 13.9 Å². The minimum absolute atomic E-state index is 0.143. The second-order valence-corrected chi connectivity index (χ2v) is 13.9. The number of benzene rings is 2. The van der Waals surface area contributed by atoms with Gasteiger partial charge < -0.3 is 19.4 Å². The van der Waals surface area contributed by atoms with Crippen LogP contribution in [0.3, 0.4) is 0 Å². The van der Waals surface area contributed by atoms with Crippen molar-refractivity contribution in [3.05, 3.63) is 97.5 Å². The summed E-state index contributed by atoms with van der Waals surface area (Å²) in [7, 11) is 3.18. The number of nitrogens with one attached hydrogen (secondary N) is 1. The van der Waals surface area contributed by atoms with Crippen LogP contribution in [0.1, 0.15) is 64.7 Å². The first-order valence-electron chi connectivity index (χ1n) is 15.2. The van der Waals surface area contributed by atoms with Crippen molar-refractivity contribution in [2.24, 2.45) is 14.1 Å². The highest BCUT2D eigenvalue weighted by atomic mass is 35.5. The molecular weight excluding hydrogens is 624 g/mol. The number of hydrogen-bond donors (Lipinski definition) is 1. The number of carbonyl (C=O) groups is 2. The molecule has 3 aromatic heterocycles. The molecule has 2 aromatic carbocycles. The number of hydrogen-bond acceptors (Lipinski definition) is 7. The van der Waals surface area contributed by atoms with Gasteiger partial charge in [-0.2, -0.15) is 0 Å². The molecule has 0 fully saturated rings. The van der Waals surface area contributed by atoms with Crippen molar-refractivity contribution in [3.8, 4) is 0 Å². The number of halogens is 1. The summed E-state index contributed by atoms with van der Waals surface area (Å²) >= 11 is 6.48. The van der Waals surface area contributed by atoms with Gasteiger partial charge in [-0.05, 0) is 65.3 Å². The number of aryl methyl sites for hydroxylation is 2. The van der Waals surface area contributed by atoms with Crippen molar-refractivity contribution in [1.82, 2.24) is 28.6 Å². The molecule has 0 aliphatic rings. The zero-order valence-electron chi connectivity index (χ0n) is 27.8. The van der Waals surface area contributed by atoms with E-state index in [-0.39, 0.29) is 17.7 Å². The number of amides is 1. The highest BCUT2D eigenvalue weighted by molar-refractivity contribution is 6.35. The summed E-state index contributed by atoms with van der Waals surface area (Å²) in [5.41, 5.74) is -0.782. The lowest BCUT2D eigenvalue weighted by Crippen LogP contribution is -2.40. The zero-order valence-corrected chi connectivity index (χ0v) is 28.5. The van der Waals surface area contributed by atoms with E-state index in [1.165, 1.54) is 16.2 Å². The number of rotatable bonds is 6.